The second kappa shape index (κ2) is 7.31. The molecule has 2 saturated heterocycles. The molecule has 136 valence electrons. The first kappa shape index (κ1) is 17.5. The molecule has 0 spiro atoms. The van der Waals surface area contributed by atoms with Crippen LogP contribution in [0, 0.1) is 0 Å². The number of fused-ring (bicyclic) bond motifs is 2. The molecule has 2 heterocycles. The second-order valence-corrected chi connectivity index (χ2v) is 6.62. The fourth-order valence-corrected chi connectivity index (χ4v) is 3.68. The van der Waals surface area contributed by atoms with Crippen LogP contribution in [0.25, 0.3) is 0 Å². The Kier molecular flexibility index (Phi) is 5.13. The van der Waals surface area contributed by atoms with Gasteiger partial charge in [0, 0.05) is 37.7 Å². The molecule has 2 bridgehead atoms. The van der Waals surface area contributed by atoms with Crippen molar-refractivity contribution in [1.29, 1.82) is 0 Å². The van der Waals surface area contributed by atoms with Crippen LogP contribution in [0.3, 0.4) is 0 Å². The number of nitrogens with zero attached hydrogens (tertiary/aromatic N) is 1. The number of hydrogen-bond acceptors (Lipinski definition) is 5. The number of methoxy groups -OCH3 is 2. The Bertz CT molecular complexity index is 677. The normalized spacial score (nSPS) is 22.3. The molecule has 1 aromatic rings. The number of ether oxygens (including phenoxy) is 2. The highest BCUT2D eigenvalue weighted by atomic mass is 16.5. The summed E-state index contributed by atoms with van der Waals surface area (Å²) >= 11 is 0. The fraction of sp³-hybridized carbons (Fsp3) is 0.556. The summed E-state index contributed by atoms with van der Waals surface area (Å²) in [5, 5.41) is 6.28. The molecule has 2 amide bonds. The maximum atomic E-state index is 13.0. The zero-order valence-electron chi connectivity index (χ0n) is 14.9. The topological polar surface area (TPSA) is 79.9 Å². The van der Waals surface area contributed by atoms with Crippen LogP contribution < -0.4 is 20.1 Å². The lowest BCUT2D eigenvalue weighted by molar-refractivity contribution is -0.114. The molecule has 1 aromatic carbocycles. The van der Waals surface area contributed by atoms with Gasteiger partial charge in [-0.15, -0.1) is 0 Å². The highest BCUT2D eigenvalue weighted by molar-refractivity contribution is 5.99. The quantitative estimate of drug-likeness (QED) is 0.865. The smallest absolute Gasteiger partial charge is 0.254 e. The number of benzene rings is 1. The maximum absolute atomic E-state index is 13.0. The molecule has 2 atom stereocenters. The van der Waals surface area contributed by atoms with Crippen molar-refractivity contribution in [2.24, 2.45) is 0 Å². The Morgan fingerprint density at radius 1 is 1.16 bits per heavy atom. The Hall–Kier alpha value is -2.28. The molecule has 2 aliphatic rings. The van der Waals surface area contributed by atoms with Crippen molar-refractivity contribution in [2.75, 3.05) is 32.6 Å². The molecule has 2 unspecified atom stereocenters. The van der Waals surface area contributed by atoms with Crippen LogP contribution in [-0.2, 0) is 4.79 Å². The van der Waals surface area contributed by atoms with Gasteiger partial charge in [-0.3, -0.25) is 9.59 Å². The second-order valence-electron chi connectivity index (χ2n) is 6.62. The van der Waals surface area contributed by atoms with Crippen molar-refractivity contribution in [2.45, 2.75) is 38.3 Å². The van der Waals surface area contributed by atoms with Gasteiger partial charge in [0.25, 0.3) is 5.91 Å². The first-order chi connectivity index (χ1) is 12.0. The Morgan fingerprint density at radius 2 is 1.92 bits per heavy atom. The molecule has 0 aliphatic carbocycles. The summed E-state index contributed by atoms with van der Waals surface area (Å²) < 4.78 is 10.7. The van der Waals surface area contributed by atoms with E-state index in [1.54, 1.807) is 12.1 Å². The summed E-state index contributed by atoms with van der Waals surface area (Å²) in [6.07, 6.45) is 3.27. The van der Waals surface area contributed by atoms with E-state index < -0.39 is 0 Å². The Morgan fingerprint density at radius 3 is 2.60 bits per heavy atom. The summed E-state index contributed by atoms with van der Waals surface area (Å²) in [6.45, 7) is 2.85. The predicted octanol–water partition coefficient (Wildman–Crippen LogP) is 1.63. The van der Waals surface area contributed by atoms with E-state index in [2.05, 4.69) is 10.6 Å². The number of anilines is 1. The number of likely N-dealkylation sites (tertiary alicyclic amines) is 1. The number of amides is 2. The third kappa shape index (κ3) is 3.71. The van der Waals surface area contributed by atoms with Crippen molar-refractivity contribution in [3.63, 3.8) is 0 Å². The highest BCUT2D eigenvalue weighted by Gasteiger charge is 2.32. The SMILES string of the molecule is COc1cc(C(=O)N2CCC3CCC(C2)N3)cc(NC(C)=O)c1OC. The number of nitrogens with one attached hydrogen (secondary N) is 2. The molecule has 0 aromatic heterocycles. The largest absolute Gasteiger partial charge is 0.493 e. The molecule has 3 rings (SSSR count). The van der Waals surface area contributed by atoms with Crippen LogP contribution in [0.1, 0.15) is 36.5 Å². The third-order valence-corrected chi connectivity index (χ3v) is 4.85. The lowest BCUT2D eigenvalue weighted by Crippen LogP contribution is -2.39. The van der Waals surface area contributed by atoms with E-state index in [0.717, 1.165) is 19.4 Å². The minimum Gasteiger partial charge on any atom is -0.493 e. The minimum atomic E-state index is -0.235. The van der Waals surface area contributed by atoms with Gasteiger partial charge in [-0.05, 0) is 31.4 Å². The van der Waals surface area contributed by atoms with E-state index in [0.29, 0.717) is 41.4 Å². The number of carbonyl (C=O) groups is 2. The highest BCUT2D eigenvalue weighted by Crippen LogP contribution is 2.37. The fourth-order valence-electron chi connectivity index (χ4n) is 3.68. The van der Waals surface area contributed by atoms with Crippen molar-refractivity contribution < 1.29 is 19.1 Å². The van der Waals surface area contributed by atoms with Gasteiger partial charge in [-0.2, -0.15) is 0 Å². The zero-order valence-corrected chi connectivity index (χ0v) is 14.9. The molecule has 7 nitrogen and oxygen atoms in total. The van der Waals surface area contributed by atoms with Crippen molar-refractivity contribution in [3.8, 4) is 11.5 Å². The van der Waals surface area contributed by atoms with Crippen LogP contribution in [0.15, 0.2) is 12.1 Å². The van der Waals surface area contributed by atoms with Crippen LogP contribution in [-0.4, -0.2) is 56.1 Å². The molecule has 0 saturated carbocycles. The predicted molar refractivity (Wildman–Crippen MR) is 94.3 cm³/mol. The van der Waals surface area contributed by atoms with Crippen LogP contribution in [0.2, 0.25) is 0 Å². The number of rotatable bonds is 4. The van der Waals surface area contributed by atoms with E-state index in [1.165, 1.54) is 27.6 Å². The van der Waals surface area contributed by atoms with Gasteiger partial charge in [0.05, 0.1) is 19.9 Å². The zero-order chi connectivity index (χ0) is 18.0. The van der Waals surface area contributed by atoms with Gasteiger partial charge in [-0.25, -0.2) is 0 Å². The maximum Gasteiger partial charge on any atom is 0.254 e. The molecular formula is C18H25N3O4. The van der Waals surface area contributed by atoms with Crippen LogP contribution in [0.4, 0.5) is 5.69 Å². The van der Waals surface area contributed by atoms with Crippen molar-refractivity contribution >= 4 is 17.5 Å². The number of hydrogen-bond donors (Lipinski definition) is 2. The first-order valence-corrected chi connectivity index (χ1v) is 8.60. The monoisotopic (exact) mass is 347 g/mol. The Labute approximate surface area is 147 Å². The molecular weight excluding hydrogens is 322 g/mol. The van der Waals surface area contributed by atoms with Crippen LogP contribution in [0.5, 0.6) is 11.5 Å². The van der Waals surface area contributed by atoms with E-state index in [1.807, 2.05) is 4.90 Å². The molecule has 7 heteroatoms. The van der Waals surface area contributed by atoms with Gasteiger partial charge in [0.1, 0.15) is 0 Å². The van der Waals surface area contributed by atoms with Crippen LogP contribution >= 0.6 is 0 Å². The van der Waals surface area contributed by atoms with E-state index in [9.17, 15) is 9.59 Å². The first-order valence-electron chi connectivity index (χ1n) is 8.60. The van der Waals surface area contributed by atoms with Gasteiger partial charge >= 0.3 is 0 Å². The molecule has 25 heavy (non-hydrogen) atoms. The summed E-state index contributed by atoms with van der Waals surface area (Å²) in [6, 6.07) is 4.21. The lowest BCUT2D eigenvalue weighted by atomic mass is 10.1. The number of carbonyl (C=O) groups excluding carboxylic acids is 2. The average Bonchev–Trinajstić information content (AvgIpc) is 2.91. The molecule has 2 fully saturated rings. The summed E-state index contributed by atoms with van der Waals surface area (Å²) in [5.41, 5.74) is 0.923. The summed E-state index contributed by atoms with van der Waals surface area (Å²) in [4.78, 5) is 26.4. The van der Waals surface area contributed by atoms with Gasteiger partial charge in [0.15, 0.2) is 11.5 Å². The van der Waals surface area contributed by atoms with Crippen molar-refractivity contribution in [1.82, 2.24) is 10.2 Å². The Balaban J connectivity index is 1.89. The van der Waals surface area contributed by atoms with E-state index >= 15 is 0 Å². The third-order valence-electron chi connectivity index (χ3n) is 4.85. The van der Waals surface area contributed by atoms with Crippen molar-refractivity contribution in [3.05, 3.63) is 17.7 Å². The van der Waals surface area contributed by atoms with Gasteiger partial charge < -0.3 is 25.0 Å². The van der Waals surface area contributed by atoms with Gasteiger partial charge in [0.2, 0.25) is 5.91 Å². The van der Waals surface area contributed by atoms with E-state index in [-0.39, 0.29) is 11.8 Å². The van der Waals surface area contributed by atoms with Gasteiger partial charge in [-0.1, -0.05) is 0 Å². The average molecular weight is 347 g/mol. The molecule has 0 radical (unpaired) electrons. The molecule has 2 N–H and O–H groups in total. The molecule has 2 aliphatic heterocycles. The standard InChI is InChI=1S/C18H25N3O4/c1-11(22)19-15-8-12(9-16(24-2)17(15)25-3)18(23)21-7-6-13-4-5-14(10-21)20-13/h8-9,13-14,20H,4-7,10H2,1-3H3,(H,19,22). The summed E-state index contributed by atoms with van der Waals surface area (Å²) in [7, 11) is 3.01. The van der Waals surface area contributed by atoms with E-state index in [4.69, 9.17) is 9.47 Å². The summed E-state index contributed by atoms with van der Waals surface area (Å²) in [5.74, 6) is 0.542. The minimum absolute atomic E-state index is 0.0538. The lowest BCUT2D eigenvalue weighted by Gasteiger charge is -2.25.